The Kier molecular flexibility index (Phi) is 4.74. The monoisotopic (exact) mass is 407 g/mol. The van der Waals surface area contributed by atoms with Crippen LogP contribution in [0.1, 0.15) is 22.9 Å². The Morgan fingerprint density at radius 1 is 0.966 bits per heavy atom. The van der Waals surface area contributed by atoms with Crippen molar-refractivity contribution in [2.45, 2.75) is 26.1 Å². The molecule has 29 heavy (non-hydrogen) atoms. The molecular weight excluding hydrogens is 390 g/mol. The Hall–Kier alpha value is -3.17. The first-order valence-corrected chi connectivity index (χ1v) is 9.67. The molecule has 0 N–H and O–H groups in total. The molecule has 0 atom stereocenters. The number of benzene rings is 1. The summed E-state index contributed by atoms with van der Waals surface area (Å²) in [6.07, 6.45) is 7.74. The predicted molar refractivity (Wildman–Crippen MR) is 105 cm³/mol. The van der Waals surface area contributed by atoms with Gasteiger partial charge in [-0.05, 0) is 36.2 Å². The van der Waals surface area contributed by atoms with Gasteiger partial charge in [0.1, 0.15) is 12.9 Å². The molecule has 146 valence electrons. The molecule has 0 bridgehead atoms. The van der Waals surface area contributed by atoms with Crippen LogP contribution in [-0.4, -0.2) is 51.2 Å². The topological polar surface area (TPSA) is 90.4 Å². The van der Waals surface area contributed by atoms with E-state index in [0.717, 1.165) is 42.5 Å². The average Bonchev–Trinajstić information content (AvgIpc) is 3.39. The van der Waals surface area contributed by atoms with E-state index in [1.807, 2.05) is 30.5 Å². The van der Waals surface area contributed by atoms with Crippen LogP contribution >= 0.6 is 11.6 Å². The molecule has 0 saturated carbocycles. The summed E-state index contributed by atoms with van der Waals surface area (Å²) in [5.74, 6) is 1.62. The van der Waals surface area contributed by atoms with Crippen molar-refractivity contribution in [2.24, 2.45) is 0 Å². The first-order chi connectivity index (χ1) is 14.3. The van der Waals surface area contributed by atoms with Gasteiger partial charge in [-0.15, -0.1) is 10.2 Å². The van der Waals surface area contributed by atoms with Crippen molar-refractivity contribution in [3.05, 3.63) is 77.1 Å². The lowest BCUT2D eigenvalue weighted by Crippen LogP contribution is -2.32. The summed E-state index contributed by atoms with van der Waals surface area (Å²) in [6.45, 7) is 2.77. The Morgan fingerprint density at radius 2 is 1.72 bits per heavy atom. The van der Waals surface area contributed by atoms with Gasteiger partial charge in [-0.1, -0.05) is 11.6 Å². The smallest absolute Gasteiger partial charge is 0.161 e. The first-order valence-electron chi connectivity index (χ1n) is 9.29. The quantitative estimate of drug-likeness (QED) is 0.499. The normalized spacial score (nSPS) is 14.1. The van der Waals surface area contributed by atoms with Crippen LogP contribution in [-0.2, 0) is 26.1 Å². The molecule has 0 fully saturated rings. The summed E-state index contributed by atoms with van der Waals surface area (Å²) in [5.41, 5.74) is 3.24. The van der Waals surface area contributed by atoms with E-state index in [1.54, 1.807) is 23.5 Å². The summed E-state index contributed by atoms with van der Waals surface area (Å²) < 4.78 is 2.05. The van der Waals surface area contributed by atoms with Crippen molar-refractivity contribution in [3.63, 3.8) is 0 Å². The first kappa shape index (κ1) is 17.9. The van der Waals surface area contributed by atoms with E-state index < -0.39 is 0 Å². The van der Waals surface area contributed by atoms with Gasteiger partial charge in [-0.2, -0.15) is 15.0 Å². The van der Waals surface area contributed by atoms with E-state index in [0.29, 0.717) is 18.1 Å². The van der Waals surface area contributed by atoms with E-state index in [-0.39, 0.29) is 0 Å². The van der Waals surface area contributed by atoms with Gasteiger partial charge >= 0.3 is 0 Å². The second-order valence-corrected chi connectivity index (χ2v) is 7.30. The summed E-state index contributed by atoms with van der Waals surface area (Å²) in [7, 11) is 0. The third kappa shape index (κ3) is 3.74. The van der Waals surface area contributed by atoms with Crippen molar-refractivity contribution < 1.29 is 0 Å². The van der Waals surface area contributed by atoms with Crippen LogP contribution in [0.5, 0.6) is 0 Å². The fourth-order valence-electron chi connectivity index (χ4n) is 3.54. The molecule has 0 radical (unpaired) electrons. The fourth-order valence-corrected chi connectivity index (χ4v) is 3.66. The van der Waals surface area contributed by atoms with Gasteiger partial charge < -0.3 is 0 Å². The van der Waals surface area contributed by atoms with E-state index in [4.69, 9.17) is 11.6 Å². The fraction of sp³-hybridized carbons (Fsp3) is 0.263. The van der Waals surface area contributed by atoms with Crippen LogP contribution in [0.3, 0.4) is 0 Å². The van der Waals surface area contributed by atoms with Crippen molar-refractivity contribution in [3.8, 4) is 5.69 Å². The van der Waals surface area contributed by atoms with Crippen molar-refractivity contribution >= 4 is 11.6 Å². The molecule has 0 amide bonds. The molecule has 0 aliphatic carbocycles. The third-order valence-corrected chi connectivity index (χ3v) is 5.20. The maximum Gasteiger partial charge on any atom is 0.161 e. The van der Waals surface area contributed by atoms with E-state index in [2.05, 4.69) is 39.8 Å². The van der Waals surface area contributed by atoms with Crippen LogP contribution in [0, 0.1) is 0 Å². The number of rotatable bonds is 5. The van der Waals surface area contributed by atoms with E-state index in [1.165, 1.54) is 5.56 Å². The van der Waals surface area contributed by atoms with Crippen molar-refractivity contribution in [1.29, 1.82) is 0 Å². The summed E-state index contributed by atoms with van der Waals surface area (Å²) in [6, 6.07) is 7.66. The SMILES string of the molecule is Clc1ccc(-n2c(CN3CCc4cncnc4C3)nnc2Cn2nccn2)cc1. The maximum absolute atomic E-state index is 6.09. The lowest BCUT2D eigenvalue weighted by atomic mass is 10.1. The number of fused-ring (bicyclic) bond motifs is 1. The highest BCUT2D eigenvalue weighted by Gasteiger charge is 2.22. The minimum absolute atomic E-state index is 0.429. The number of hydrogen-bond donors (Lipinski definition) is 0. The van der Waals surface area contributed by atoms with Gasteiger partial charge in [0.15, 0.2) is 11.6 Å². The van der Waals surface area contributed by atoms with Gasteiger partial charge in [0.05, 0.1) is 24.6 Å². The van der Waals surface area contributed by atoms with Gasteiger partial charge in [0, 0.05) is 30.0 Å². The minimum Gasteiger partial charge on any atom is -0.290 e. The number of hydrogen-bond acceptors (Lipinski definition) is 7. The van der Waals surface area contributed by atoms with Crippen molar-refractivity contribution in [2.75, 3.05) is 6.54 Å². The molecule has 1 aromatic carbocycles. The standard InChI is InChI=1S/C19H18ClN9/c20-15-1-3-16(4-2-15)29-18(25-26-19(29)12-28-23-6-7-24-28)11-27-8-5-14-9-21-13-22-17(14)10-27/h1-4,6-7,9,13H,5,8,10-12H2. The third-order valence-electron chi connectivity index (χ3n) is 4.95. The van der Waals surface area contributed by atoms with Crippen molar-refractivity contribution in [1.82, 2.24) is 44.6 Å². The zero-order valence-electron chi connectivity index (χ0n) is 15.6. The highest BCUT2D eigenvalue weighted by Crippen LogP contribution is 2.21. The van der Waals surface area contributed by atoms with Crippen LogP contribution in [0.4, 0.5) is 0 Å². The minimum atomic E-state index is 0.429. The van der Waals surface area contributed by atoms with Gasteiger partial charge in [-0.3, -0.25) is 9.47 Å². The highest BCUT2D eigenvalue weighted by molar-refractivity contribution is 6.30. The second-order valence-electron chi connectivity index (χ2n) is 6.86. The zero-order valence-corrected chi connectivity index (χ0v) is 16.3. The predicted octanol–water partition coefficient (Wildman–Crippen LogP) is 1.91. The summed E-state index contributed by atoms with van der Waals surface area (Å²) in [4.78, 5) is 12.5. The van der Waals surface area contributed by atoms with Crippen LogP contribution in [0.15, 0.2) is 49.2 Å². The Bertz CT molecular complexity index is 1110. The second kappa shape index (κ2) is 7.69. The molecule has 10 heteroatoms. The maximum atomic E-state index is 6.09. The van der Waals surface area contributed by atoms with Crippen LogP contribution in [0.2, 0.25) is 5.02 Å². The van der Waals surface area contributed by atoms with Crippen LogP contribution in [0.25, 0.3) is 5.69 Å². The number of aromatic nitrogens is 8. The van der Waals surface area contributed by atoms with Crippen LogP contribution < -0.4 is 0 Å². The molecule has 0 unspecified atom stereocenters. The average molecular weight is 408 g/mol. The van der Waals surface area contributed by atoms with E-state index >= 15 is 0 Å². The number of nitrogens with zero attached hydrogens (tertiary/aromatic N) is 9. The molecule has 9 nitrogen and oxygen atoms in total. The molecule has 1 aliphatic rings. The Morgan fingerprint density at radius 3 is 2.52 bits per heavy atom. The van der Waals surface area contributed by atoms with Gasteiger partial charge in [0.25, 0.3) is 0 Å². The molecule has 5 rings (SSSR count). The summed E-state index contributed by atoms with van der Waals surface area (Å²) in [5, 5.41) is 18.0. The molecule has 1 aliphatic heterocycles. The molecular formula is C19H18ClN9. The van der Waals surface area contributed by atoms with E-state index in [9.17, 15) is 0 Å². The molecule has 3 aromatic heterocycles. The molecule has 4 heterocycles. The Balaban J connectivity index is 1.46. The molecule has 0 spiro atoms. The van der Waals surface area contributed by atoms with Gasteiger partial charge in [-0.25, -0.2) is 9.97 Å². The summed E-state index contributed by atoms with van der Waals surface area (Å²) >= 11 is 6.09. The Labute approximate surface area is 172 Å². The highest BCUT2D eigenvalue weighted by atomic mass is 35.5. The van der Waals surface area contributed by atoms with Gasteiger partial charge in [0.2, 0.25) is 0 Å². The lowest BCUT2D eigenvalue weighted by molar-refractivity contribution is 0.233. The lowest BCUT2D eigenvalue weighted by Gasteiger charge is -2.27. The number of halogens is 1. The largest absolute Gasteiger partial charge is 0.290 e. The molecule has 0 saturated heterocycles. The molecule has 4 aromatic rings. The zero-order chi connectivity index (χ0) is 19.6.